The van der Waals surface area contributed by atoms with Crippen molar-refractivity contribution in [1.82, 2.24) is 0 Å². The lowest BCUT2D eigenvalue weighted by Crippen LogP contribution is -2.21. The second-order valence-corrected chi connectivity index (χ2v) is 7.67. The summed E-state index contributed by atoms with van der Waals surface area (Å²) in [7, 11) is 0. The molecule has 0 saturated carbocycles. The van der Waals surface area contributed by atoms with Gasteiger partial charge in [0, 0.05) is 17.4 Å². The zero-order valence-corrected chi connectivity index (χ0v) is 18.5. The van der Waals surface area contributed by atoms with Crippen LogP contribution in [0.4, 0.5) is 11.4 Å². The third kappa shape index (κ3) is 8.22. The van der Waals surface area contributed by atoms with E-state index in [9.17, 15) is 4.79 Å². The molecule has 3 rings (SSSR count). The fourth-order valence-electron chi connectivity index (χ4n) is 2.82. The molecule has 32 heavy (non-hydrogen) atoms. The molecule has 0 spiro atoms. The van der Waals surface area contributed by atoms with Crippen LogP contribution < -0.4 is 24.8 Å². The summed E-state index contributed by atoms with van der Waals surface area (Å²) in [5.74, 6) is 2.64. The third-order valence-corrected chi connectivity index (χ3v) is 4.37. The van der Waals surface area contributed by atoms with Crippen LogP contribution in [0.5, 0.6) is 17.2 Å². The summed E-state index contributed by atoms with van der Waals surface area (Å²) in [6.07, 6.45) is 0. The second-order valence-electron chi connectivity index (χ2n) is 7.67. The van der Waals surface area contributed by atoms with Crippen molar-refractivity contribution in [3.8, 4) is 17.2 Å². The standard InChI is InChI=1S/C26H30N2O4/c1-20(2)19-32-25-10-6-7-22(17-25)27-18-26(29)28-21-11-13-24(14-12-21)31-16-15-30-23-8-4-3-5-9-23/h3-14,17,20,27H,15-16,18-19H2,1-2H3,(H,28,29). The zero-order chi connectivity index (χ0) is 22.6. The summed E-state index contributed by atoms with van der Waals surface area (Å²) in [5.41, 5.74) is 1.54. The average molecular weight is 435 g/mol. The lowest BCUT2D eigenvalue weighted by molar-refractivity contribution is -0.114. The Morgan fingerprint density at radius 1 is 0.750 bits per heavy atom. The number of hydrogen-bond acceptors (Lipinski definition) is 5. The molecule has 0 aliphatic carbocycles. The Hall–Kier alpha value is -3.67. The highest BCUT2D eigenvalue weighted by molar-refractivity contribution is 5.93. The van der Waals surface area contributed by atoms with Gasteiger partial charge in [-0.05, 0) is 54.4 Å². The van der Waals surface area contributed by atoms with Gasteiger partial charge in [0.25, 0.3) is 0 Å². The summed E-state index contributed by atoms with van der Waals surface area (Å²) in [4.78, 5) is 12.3. The zero-order valence-electron chi connectivity index (χ0n) is 18.5. The average Bonchev–Trinajstić information content (AvgIpc) is 2.81. The predicted octanol–water partition coefficient (Wildman–Crippen LogP) is 5.23. The summed E-state index contributed by atoms with van der Waals surface area (Å²) in [6, 6.07) is 24.5. The van der Waals surface area contributed by atoms with Crippen molar-refractivity contribution < 1.29 is 19.0 Å². The predicted molar refractivity (Wildman–Crippen MR) is 128 cm³/mol. The number of ether oxygens (including phenoxy) is 3. The van der Waals surface area contributed by atoms with Crippen molar-refractivity contribution in [3.05, 3.63) is 78.9 Å². The molecule has 3 aromatic rings. The number of anilines is 2. The normalized spacial score (nSPS) is 10.5. The van der Waals surface area contributed by atoms with Gasteiger partial charge < -0.3 is 24.8 Å². The van der Waals surface area contributed by atoms with Crippen LogP contribution in [0.25, 0.3) is 0 Å². The second kappa shape index (κ2) is 12.2. The quantitative estimate of drug-likeness (QED) is 0.382. The summed E-state index contributed by atoms with van der Waals surface area (Å²) in [6.45, 7) is 5.91. The van der Waals surface area contributed by atoms with E-state index in [-0.39, 0.29) is 12.5 Å². The first kappa shape index (κ1) is 23.0. The Morgan fingerprint density at radius 3 is 2.09 bits per heavy atom. The molecule has 3 aromatic carbocycles. The molecule has 0 heterocycles. The number of carbonyl (C=O) groups excluding carboxylic acids is 1. The van der Waals surface area contributed by atoms with E-state index >= 15 is 0 Å². The molecule has 168 valence electrons. The first-order valence-corrected chi connectivity index (χ1v) is 10.8. The molecule has 0 saturated heterocycles. The third-order valence-electron chi connectivity index (χ3n) is 4.37. The number of benzene rings is 3. The Balaban J connectivity index is 1.37. The molecule has 1 amide bonds. The fourth-order valence-corrected chi connectivity index (χ4v) is 2.82. The van der Waals surface area contributed by atoms with Crippen LogP contribution in [0.2, 0.25) is 0 Å². The van der Waals surface area contributed by atoms with Gasteiger partial charge in [-0.25, -0.2) is 0 Å². The largest absolute Gasteiger partial charge is 0.493 e. The SMILES string of the molecule is CC(C)COc1cccc(NCC(=O)Nc2ccc(OCCOc3ccccc3)cc2)c1. The molecular weight excluding hydrogens is 404 g/mol. The van der Waals surface area contributed by atoms with Crippen LogP contribution in [0, 0.1) is 5.92 Å². The van der Waals surface area contributed by atoms with Crippen LogP contribution in [-0.4, -0.2) is 32.3 Å². The highest BCUT2D eigenvalue weighted by Crippen LogP contribution is 2.19. The minimum absolute atomic E-state index is 0.136. The van der Waals surface area contributed by atoms with Gasteiger partial charge in [0.2, 0.25) is 5.91 Å². The Kier molecular flexibility index (Phi) is 8.80. The van der Waals surface area contributed by atoms with Crippen LogP contribution in [0.3, 0.4) is 0 Å². The lowest BCUT2D eigenvalue weighted by atomic mass is 10.2. The van der Waals surface area contributed by atoms with Gasteiger partial charge in [0.15, 0.2) is 0 Å². The molecule has 0 unspecified atom stereocenters. The molecule has 0 radical (unpaired) electrons. The van der Waals surface area contributed by atoms with Crippen LogP contribution in [-0.2, 0) is 4.79 Å². The first-order chi connectivity index (χ1) is 15.6. The minimum atomic E-state index is -0.136. The number of rotatable bonds is 12. The van der Waals surface area contributed by atoms with E-state index in [1.807, 2.05) is 78.9 Å². The van der Waals surface area contributed by atoms with Crippen molar-refractivity contribution in [2.75, 3.05) is 37.0 Å². The maximum absolute atomic E-state index is 12.3. The topological polar surface area (TPSA) is 68.8 Å². The first-order valence-electron chi connectivity index (χ1n) is 10.8. The van der Waals surface area contributed by atoms with Crippen molar-refractivity contribution in [1.29, 1.82) is 0 Å². The van der Waals surface area contributed by atoms with E-state index in [0.717, 1.165) is 22.9 Å². The fraction of sp³-hybridized carbons (Fsp3) is 0.269. The molecule has 0 aliphatic rings. The summed E-state index contributed by atoms with van der Waals surface area (Å²) < 4.78 is 17.0. The van der Waals surface area contributed by atoms with Crippen molar-refractivity contribution in [2.45, 2.75) is 13.8 Å². The Labute approximate surface area is 189 Å². The molecular formula is C26H30N2O4. The number of carbonyl (C=O) groups is 1. The minimum Gasteiger partial charge on any atom is -0.493 e. The van der Waals surface area contributed by atoms with Crippen molar-refractivity contribution in [2.24, 2.45) is 5.92 Å². The monoisotopic (exact) mass is 434 g/mol. The number of para-hydroxylation sites is 1. The number of nitrogens with one attached hydrogen (secondary N) is 2. The maximum Gasteiger partial charge on any atom is 0.243 e. The van der Waals surface area contributed by atoms with Gasteiger partial charge in [0.1, 0.15) is 30.5 Å². The molecule has 6 heteroatoms. The smallest absolute Gasteiger partial charge is 0.243 e. The highest BCUT2D eigenvalue weighted by Gasteiger charge is 2.04. The number of amides is 1. The van der Waals surface area contributed by atoms with Gasteiger partial charge in [-0.2, -0.15) is 0 Å². The van der Waals surface area contributed by atoms with Gasteiger partial charge in [-0.3, -0.25) is 4.79 Å². The van der Waals surface area contributed by atoms with E-state index < -0.39 is 0 Å². The maximum atomic E-state index is 12.3. The lowest BCUT2D eigenvalue weighted by Gasteiger charge is -2.12. The molecule has 6 nitrogen and oxygen atoms in total. The Morgan fingerprint density at radius 2 is 1.41 bits per heavy atom. The van der Waals surface area contributed by atoms with E-state index in [4.69, 9.17) is 14.2 Å². The van der Waals surface area contributed by atoms with Gasteiger partial charge in [-0.1, -0.05) is 38.1 Å². The van der Waals surface area contributed by atoms with Crippen molar-refractivity contribution >= 4 is 17.3 Å². The molecule has 0 fully saturated rings. The molecule has 2 N–H and O–H groups in total. The number of hydrogen-bond donors (Lipinski definition) is 2. The van der Waals surface area contributed by atoms with Crippen LogP contribution in [0.15, 0.2) is 78.9 Å². The Bertz CT molecular complexity index is 959. The van der Waals surface area contributed by atoms with Crippen molar-refractivity contribution in [3.63, 3.8) is 0 Å². The molecule has 0 atom stereocenters. The van der Waals surface area contributed by atoms with E-state index in [0.29, 0.717) is 31.4 Å². The van der Waals surface area contributed by atoms with Gasteiger partial charge >= 0.3 is 0 Å². The summed E-state index contributed by atoms with van der Waals surface area (Å²) in [5, 5.41) is 5.99. The van der Waals surface area contributed by atoms with E-state index in [1.165, 1.54) is 0 Å². The van der Waals surface area contributed by atoms with E-state index in [1.54, 1.807) is 0 Å². The van der Waals surface area contributed by atoms with Gasteiger partial charge in [0.05, 0.1) is 13.2 Å². The highest BCUT2D eigenvalue weighted by atomic mass is 16.5. The van der Waals surface area contributed by atoms with E-state index in [2.05, 4.69) is 24.5 Å². The van der Waals surface area contributed by atoms with Gasteiger partial charge in [-0.15, -0.1) is 0 Å². The van der Waals surface area contributed by atoms with Crippen LogP contribution in [0.1, 0.15) is 13.8 Å². The summed E-state index contributed by atoms with van der Waals surface area (Å²) >= 11 is 0. The molecule has 0 aromatic heterocycles. The molecule has 0 bridgehead atoms. The molecule has 0 aliphatic heterocycles. The van der Waals surface area contributed by atoms with Crippen LogP contribution >= 0.6 is 0 Å².